The van der Waals surface area contributed by atoms with E-state index in [1.165, 1.54) is 17.5 Å². The first-order valence-corrected chi connectivity index (χ1v) is 10.6. The van der Waals surface area contributed by atoms with Crippen LogP contribution in [-0.2, 0) is 14.8 Å². The molecule has 2 heterocycles. The number of hydrogen-bond acceptors (Lipinski definition) is 5. The molecule has 144 valence electrons. The van der Waals surface area contributed by atoms with E-state index in [0.717, 1.165) is 32.2 Å². The van der Waals surface area contributed by atoms with Gasteiger partial charge in [-0.1, -0.05) is 0 Å². The lowest BCUT2D eigenvalue weighted by Crippen LogP contribution is -2.40. The molecule has 0 unspecified atom stereocenters. The predicted octanol–water partition coefficient (Wildman–Crippen LogP) is 1.81. The number of hydrogen-bond donors (Lipinski definition) is 2. The van der Waals surface area contributed by atoms with Crippen LogP contribution in [0.3, 0.4) is 0 Å². The zero-order chi connectivity index (χ0) is 18.7. The molecule has 2 fully saturated rings. The molecule has 0 bridgehead atoms. The van der Waals surface area contributed by atoms with Crippen molar-refractivity contribution in [2.75, 3.05) is 32.1 Å². The number of sulfonamides is 1. The molecule has 0 aliphatic carbocycles. The standard InChI is InChI=1S/C18H27N3O4S/c1-13-11-14(7-8-19-13)18(22)20-15-5-6-17(16(12-15)25-2)26(23,24)21-9-3-4-10-21/h5-6,12-14,19H,3-4,7-11H2,1-2H3,(H,20,22)/t13-,14-/m0/s1. The molecule has 1 aromatic carbocycles. The molecule has 0 aromatic heterocycles. The molecule has 2 aliphatic heterocycles. The molecule has 1 amide bonds. The van der Waals surface area contributed by atoms with Crippen molar-refractivity contribution in [1.82, 2.24) is 9.62 Å². The summed E-state index contributed by atoms with van der Waals surface area (Å²) in [5.41, 5.74) is 0.554. The fraction of sp³-hybridized carbons (Fsp3) is 0.611. The minimum Gasteiger partial charge on any atom is -0.495 e. The second-order valence-corrected chi connectivity index (χ2v) is 8.95. The molecular formula is C18H27N3O4S. The fourth-order valence-electron chi connectivity index (χ4n) is 3.64. The number of benzene rings is 1. The lowest BCUT2D eigenvalue weighted by molar-refractivity contribution is -0.120. The summed E-state index contributed by atoms with van der Waals surface area (Å²) < 4.78 is 32.4. The number of carbonyl (C=O) groups excluding carboxylic acids is 1. The third kappa shape index (κ3) is 4.02. The van der Waals surface area contributed by atoms with E-state index in [-0.39, 0.29) is 22.5 Å². The molecule has 0 spiro atoms. The van der Waals surface area contributed by atoms with Crippen LogP contribution in [0.4, 0.5) is 5.69 Å². The zero-order valence-corrected chi connectivity index (χ0v) is 16.1. The Hall–Kier alpha value is -1.64. The highest BCUT2D eigenvalue weighted by Gasteiger charge is 2.30. The van der Waals surface area contributed by atoms with Gasteiger partial charge in [0.2, 0.25) is 15.9 Å². The van der Waals surface area contributed by atoms with E-state index in [0.29, 0.717) is 24.8 Å². The van der Waals surface area contributed by atoms with Gasteiger partial charge < -0.3 is 15.4 Å². The number of methoxy groups -OCH3 is 1. The van der Waals surface area contributed by atoms with Crippen LogP contribution in [0.5, 0.6) is 5.75 Å². The van der Waals surface area contributed by atoms with E-state index in [9.17, 15) is 13.2 Å². The lowest BCUT2D eigenvalue weighted by Gasteiger charge is -2.27. The number of piperidine rings is 1. The molecule has 2 atom stereocenters. The Morgan fingerprint density at radius 3 is 2.69 bits per heavy atom. The van der Waals surface area contributed by atoms with Gasteiger partial charge in [0.1, 0.15) is 10.6 Å². The summed E-state index contributed by atoms with van der Waals surface area (Å²) in [6.07, 6.45) is 3.35. The van der Waals surface area contributed by atoms with Crippen molar-refractivity contribution in [3.05, 3.63) is 18.2 Å². The van der Waals surface area contributed by atoms with Crippen LogP contribution in [0.2, 0.25) is 0 Å². The smallest absolute Gasteiger partial charge is 0.246 e. The van der Waals surface area contributed by atoms with E-state index in [2.05, 4.69) is 17.6 Å². The van der Waals surface area contributed by atoms with Crippen LogP contribution in [0.1, 0.15) is 32.6 Å². The van der Waals surface area contributed by atoms with Crippen LogP contribution >= 0.6 is 0 Å². The lowest BCUT2D eigenvalue weighted by atomic mass is 9.92. The van der Waals surface area contributed by atoms with Crippen molar-refractivity contribution in [2.24, 2.45) is 5.92 Å². The van der Waals surface area contributed by atoms with Crippen molar-refractivity contribution >= 4 is 21.6 Å². The summed E-state index contributed by atoms with van der Waals surface area (Å²) in [6.45, 7) is 3.98. The normalized spacial score (nSPS) is 24.4. The number of anilines is 1. The Bertz CT molecular complexity index is 760. The molecule has 7 nitrogen and oxygen atoms in total. The molecule has 1 aromatic rings. The molecule has 0 saturated carbocycles. The van der Waals surface area contributed by atoms with Crippen LogP contribution in [-0.4, -0.2) is 51.4 Å². The monoisotopic (exact) mass is 381 g/mol. The first-order chi connectivity index (χ1) is 12.4. The summed E-state index contributed by atoms with van der Waals surface area (Å²) in [5, 5.41) is 6.23. The quantitative estimate of drug-likeness (QED) is 0.812. The second-order valence-electron chi connectivity index (χ2n) is 7.04. The maximum absolute atomic E-state index is 12.8. The molecule has 2 aliphatic rings. The van der Waals surface area contributed by atoms with E-state index in [1.807, 2.05) is 0 Å². The van der Waals surface area contributed by atoms with Crippen LogP contribution in [0.25, 0.3) is 0 Å². The highest BCUT2D eigenvalue weighted by atomic mass is 32.2. The van der Waals surface area contributed by atoms with Gasteiger partial charge in [-0.3, -0.25) is 4.79 Å². The second kappa shape index (κ2) is 7.94. The van der Waals surface area contributed by atoms with Crippen molar-refractivity contribution in [3.63, 3.8) is 0 Å². The van der Waals surface area contributed by atoms with E-state index in [1.54, 1.807) is 12.1 Å². The van der Waals surface area contributed by atoms with Crippen LogP contribution < -0.4 is 15.4 Å². The number of ether oxygens (including phenoxy) is 1. The van der Waals surface area contributed by atoms with E-state index >= 15 is 0 Å². The molecular weight excluding hydrogens is 354 g/mol. The summed E-state index contributed by atoms with van der Waals surface area (Å²) in [6, 6.07) is 5.06. The Morgan fingerprint density at radius 2 is 2.04 bits per heavy atom. The topological polar surface area (TPSA) is 87.7 Å². The Labute approximate surface area is 155 Å². The molecule has 2 saturated heterocycles. The van der Waals surface area contributed by atoms with Gasteiger partial charge in [0.25, 0.3) is 0 Å². The third-order valence-electron chi connectivity index (χ3n) is 5.11. The highest BCUT2D eigenvalue weighted by Crippen LogP contribution is 2.31. The third-order valence-corrected chi connectivity index (χ3v) is 7.05. The van der Waals surface area contributed by atoms with Gasteiger partial charge >= 0.3 is 0 Å². The maximum atomic E-state index is 12.8. The highest BCUT2D eigenvalue weighted by molar-refractivity contribution is 7.89. The van der Waals surface area contributed by atoms with Crippen molar-refractivity contribution in [2.45, 2.75) is 43.5 Å². The van der Waals surface area contributed by atoms with Gasteiger partial charge in [-0.2, -0.15) is 4.31 Å². The van der Waals surface area contributed by atoms with Crippen molar-refractivity contribution < 1.29 is 17.9 Å². The molecule has 26 heavy (non-hydrogen) atoms. The number of rotatable bonds is 5. The van der Waals surface area contributed by atoms with Gasteiger partial charge in [0.15, 0.2) is 0 Å². The van der Waals surface area contributed by atoms with Gasteiger partial charge in [0.05, 0.1) is 7.11 Å². The molecule has 3 rings (SSSR count). The summed E-state index contributed by atoms with van der Waals surface area (Å²) in [4.78, 5) is 12.6. The van der Waals surface area contributed by atoms with E-state index in [4.69, 9.17) is 4.74 Å². The summed E-state index contributed by atoms with van der Waals surface area (Å²) in [7, 11) is -2.12. The Kier molecular flexibility index (Phi) is 5.84. The maximum Gasteiger partial charge on any atom is 0.246 e. The Balaban J connectivity index is 1.77. The Morgan fingerprint density at radius 1 is 1.31 bits per heavy atom. The average Bonchev–Trinajstić information content (AvgIpc) is 3.17. The van der Waals surface area contributed by atoms with Gasteiger partial charge in [0, 0.05) is 36.8 Å². The predicted molar refractivity (Wildman–Crippen MR) is 99.8 cm³/mol. The average molecular weight is 381 g/mol. The number of nitrogens with one attached hydrogen (secondary N) is 2. The summed E-state index contributed by atoms with van der Waals surface area (Å²) >= 11 is 0. The van der Waals surface area contributed by atoms with Crippen molar-refractivity contribution in [1.29, 1.82) is 0 Å². The fourth-order valence-corrected chi connectivity index (χ4v) is 5.29. The van der Waals surface area contributed by atoms with E-state index < -0.39 is 10.0 Å². The number of nitrogens with zero attached hydrogens (tertiary/aromatic N) is 1. The molecule has 8 heteroatoms. The first kappa shape index (κ1) is 19.1. The number of amides is 1. The number of carbonyl (C=O) groups is 1. The van der Waals surface area contributed by atoms with Gasteiger partial charge in [-0.25, -0.2) is 8.42 Å². The van der Waals surface area contributed by atoms with Crippen LogP contribution in [0.15, 0.2) is 23.1 Å². The molecule has 0 radical (unpaired) electrons. The van der Waals surface area contributed by atoms with Gasteiger partial charge in [-0.15, -0.1) is 0 Å². The molecule has 2 N–H and O–H groups in total. The van der Waals surface area contributed by atoms with Crippen molar-refractivity contribution in [3.8, 4) is 5.75 Å². The van der Waals surface area contributed by atoms with Crippen LogP contribution in [0, 0.1) is 5.92 Å². The minimum atomic E-state index is -3.57. The largest absolute Gasteiger partial charge is 0.495 e. The minimum absolute atomic E-state index is 0.0319. The van der Waals surface area contributed by atoms with Gasteiger partial charge in [-0.05, 0) is 51.3 Å². The SMILES string of the molecule is COc1cc(NC(=O)[C@H]2CCN[C@@H](C)C2)ccc1S(=O)(=O)N1CCCC1. The summed E-state index contributed by atoms with van der Waals surface area (Å²) in [5.74, 6) is 0.189. The zero-order valence-electron chi connectivity index (χ0n) is 15.3. The first-order valence-electron chi connectivity index (χ1n) is 9.14.